The molecule has 2 heterocycles. The van der Waals surface area contributed by atoms with Gasteiger partial charge in [0, 0.05) is 25.6 Å². The van der Waals surface area contributed by atoms with Crippen LogP contribution in [0.25, 0.3) is 0 Å². The van der Waals surface area contributed by atoms with Gasteiger partial charge in [-0.1, -0.05) is 17.9 Å². The molecule has 2 N–H and O–H groups in total. The Bertz CT molecular complexity index is 378. The first-order chi connectivity index (χ1) is 8.38. The van der Waals surface area contributed by atoms with Gasteiger partial charge in [0.2, 0.25) is 5.89 Å². The van der Waals surface area contributed by atoms with E-state index >= 15 is 0 Å². The molecule has 2 atom stereocenters. The second-order valence-electron chi connectivity index (χ2n) is 5.11. The Balaban J connectivity index is 1.74. The van der Waals surface area contributed by atoms with E-state index in [9.17, 15) is 0 Å². The third kappa shape index (κ3) is 2.04. The van der Waals surface area contributed by atoms with Gasteiger partial charge in [-0.3, -0.25) is 0 Å². The topological polar surface area (TPSA) is 68.2 Å². The molecule has 17 heavy (non-hydrogen) atoms. The van der Waals surface area contributed by atoms with Gasteiger partial charge in [-0.15, -0.1) is 5.10 Å². The highest BCUT2D eigenvalue weighted by Crippen LogP contribution is 2.38. The molecule has 2 aliphatic rings. The van der Waals surface area contributed by atoms with Gasteiger partial charge in [0.25, 0.3) is 0 Å². The lowest BCUT2D eigenvalue weighted by Crippen LogP contribution is -2.34. The van der Waals surface area contributed by atoms with Crippen LogP contribution in [0, 0.1) is 5.92 Å². The predicted molar refractivity (Wildman–Crippen MR) is 64.8 cm³/mol. The van der Waals surface area contributed by atoms with Crippen molar-refractivity contribution in [1.29, 1.82) is 0 Å². The van der Waals surface area contributed by atoms with Gasteiger partial charge in [-0.25, -0.2) is 0 Å². The number of nitrogens with zero attached hydrogens (tertiary/aromatic N) is 3. The van der Waals surface area contributed by atoms with Crippen LogP contribution in [0.15, 0.2) is 4.42 Å². The van der Waals surface area contributed by atoms with Gasteiger partial charge in [0.1, 0.15) is 0 Å². The van der Waals surface area contributed by atoms with E-state index in [1.54, 1.807) is 0 Å². The van der Waals surface area contributed by atoms with Crippen LogP contribution in [0.5, 0.6) is 0 Å². The zero-order valence-corrected chi connectivity index (χ0v) is 10.1. The SMILES string of the molecule is NCCc1nnc(N2CCC3CCCCC32)o1. The zero-order chi connectivity index (χ0) is 11.7. The van der Waals surface area contributed by atoms with Crippen LogP contribution in [0.2, 0.25) is 0 Å². The summed E-state index contributed by atoms with van der Waals surface area (Å²) in [4.78, 5) is 2.32. The van der Waals surface area contributed by atoms with Crippen molar-refractivity contribution in [2.75, 3.05) is 18.0 Å². The van der Waals surface area contributed by atoms with Crippen molar-refractivity contribution in [3.8, 4) is 0 Å². The molecule has 1 aliphatic heterocycles. The van der Waals surface area contributed by atoms with Crippen LogP contribution in [0.4, 0.5) is 6.01 Å². The summed E-state index contributed by atoms with van der Waals surface area (Å²) < 4.78 is 5.68. The molecule has 5 heteroatoms. The Morgan fingerprint density at radius 3 is 3.00 bits per heavy atom. The highest BCUT2D eigenvalue weighted by atomic mass is 16.4. The minimum absolute atomic E-state index is 0.563. The van der Waals surface area contributed by atoms with Crippen LogP contribution in [0.3, 0.4) is 0 Å². The van der Waals surface area contributed by atoms with Crippen molar-refractivity contribution in [2.45, 2.75) is 44.6 Å². The number of hydrogen-bond donors (Lipinski definition) is 1. The first kappa shape index (κ1) is 11.0. The summed E-state index contributed by atoms with van der Waals surface area (Å²) in [5.41, 5.74) is 5.49. The smallest absolute Gasteiger partial charge is 0.318 e. The standard InChI is InChI=1S/C12H20N4O/c13-7-5-11-14-15-12(17-11)16-8-6-9-3-1-2-4-10(9)16/h9-10H,1-8,13H2. The van der Waals surface area contributed by atoms with Crippen molar-refractivity contribution in [2.24, 2.45) is 11.7 Å². The van der Waals surface area contributed by atoms with Crippen LogP contribution in [-0.4, -0.2) is 29.3 Å². The first-order valence-corrected chi connectivity index (χ1v) is 6.67. The van der Waals surface area contributed by atoms with E-state index in [0.29, 0.717) is 30.9 Å². The average molecular weight is 236 g/mol. The molecule has 5 nitrogen and oxygen atoms in total. The van der Waals surface area contributed by atoms with Crippen molar-refractivity contribution < 1.29 is 4.42 Å². The fourth-order valence-electron chi connectivity index (χ4n) is 3.23. The van der Waals surface area contributed by atoms with Crippen molar-refractivity contribution in [3.05, 3.63) is 5.89 Å². The predicted octanol–water partition coefficient (Wildman–Crippen LogP) is 1.34. The molecular formula is C12H20N4O. The Hall–Kier alpha value is -1.10. The molecule has 1 saturated carbocycles. The second kappa shape index (κ2) is 4.64. The van der Waals surface area contributed by atoms with E-state index < -0.39 is 0 Å². The largest absolute Gasteiger partial charge is 0.408 e. The molecule has 0 bridgehead atoms. The Kier molecular flexibility index (Phi) is 3.01. The summed E-state index contributed by atoms with van der Waals surface area (Å²) in [6, 6.07) is 1.35. The van der Waals surface area contributed by atoms with Gasteiger partial charge in [-0.2, -0.15) is 0 Å². The second-order valence-corrected chi connectivity index (χ2v) is 5.11. The molecule has 1 saturated heterocycles. The first-order valence-electron chi connectivity index (χ1n) is 6.67. The van der Waals surface area contributed by atoms with E-state index in [1.165, 1.54) is 32.1 Å². The molecule has 3 rings (SSSR count). The Morgan fingerprint density at radius 2 is 2.12 bits per heavy atom. The van der Waals surface area contributed by atoms with E-state index in [4.69, 9.17) is 10.2 Å². The summed E-state index contributed by atoms with van der Waals surface area (Å²) in [6.45, 7) is 1.63. The zero-order valence-electron chi connectivity index (χ0n) is 10.1. The number of rotatable bonds is 3. The molecule has 2 fully saturated rings. The van der Waals surface area contributed by atoms with Gasteiger partial charge >= 0.3 is 6.01 Å². The van der Waals surface area contributed by atoms with Gasteiger partial charge in [-0.05, 0) is 25.2 Å². The summed E-state index contributed by atoms with van der Waals surface area (Å²) in [6.07, 6.45) is 7.32. The molecule has 94 valence electrons. The molecule has 1 aromatic rings. The Morgan fingerprint density at radius 1 is 1.24 bits per heavy atom. The lowest BCUT2D eigenvalue weighted by atomic mass is 9.85. The van der Waals surface area contributed by atoms with Crippen LogP contribution in [-0.2, 0) is 6.42 Å². The molecule has 1 aromatic heterocycles. The van der Waals surface area contributed by atoms with E-state index in [0.717, 1.165) is 12.5 Å². The minimum atomic E-state index is 0.563. The average Bonchev–Trinajstić information content (AvgIpc) is 2.95. The van der Waals surface area contributed by atoms with Crippen LogP contribution in [0.1, 0.15) is 38.0 Å². The highest BCUT2D eigenvalue weighted by molar-refractivity contribution is 5.30. The van der Waals surface area contributed by atoms with Crippen LogP contribution < -0.4 is 10.6 Å². The molecule has 0 amide bonds. The lowest BCUT2D eigenvalue weighted by Gasteiger charge is -2.30. The summed E-state index contributed by atoms with van der Waals surface area (Å²) in [7, 11) is 0. The molecule has 0 spiro atoms. The highest BCUT2D eigenvalue weighted by Gasteiger charge is 2.37. The minimum Gasteiger partial charge on any atom is -0.408 e. The van der Waals surface area contributed by atoms with E-state index in [-0.39, 0.29) is 0 Å². The van der Waals surface area contributed by atoms with Gasteiger partial charge < -0.3 is 15.1 Å². The monoisotopic (exact) mass is 236 g/mol. The normalized spacial score (nSPS) is 28.4. The molecule has 1 aliphatic carbocycles. The maximum absolute atomic E-state index is 5.68. The fraction of sp³-hybridized carbons (Fsp3) is 0.833. The van der Waals surface area contributed by atoms with Crippen molar-refractivity contribution in [3.63, 3.8) is 0 Å². The third-order valence-corrected chi connectivity index (χ3v) is 4.07. The summed E-state index contributed by atoms with van der Waals surface area (Å²) >= 11 is 0. The number of nitrogens with two attached hydrogens (primary N) is 1. The maximum atomic E-state index is 5.68. The number of aromatic nitrogens is 2. The van der Waals surface area contributed by atoms with Crippen LogP contribution >= 0.6 is 0 Å². The van der Waals surface area contributed by atoms with E-state index in [2.05, 4.69) is 15.1 Å². The number of anilines is 1. The third-order valence-electron chi connectivity index (χ3n) is 4.07. The number of hydrogen-bond acceptors (Lipinski definition) is 5. The van der Waals surface area contributed by atoms with Crippen molar-refractivity contribution in [1.82, 2.24) is 10.2 Å². The van der Waals surface area contributed by atoms with Crippen molar-refractivity contribution >= 4 is 6.01 Å². The molecular weight excluding hydrogens is 216 g/mol. The summed E-state index contributed by atoms with van der Waals surface area (Å²) in [5.74, 6) is 1.51. The van der Waals surface area contributed by atoms with Gasteiger partial charge in [0.15, 0.2) is 0 Å². The lowest BCUT2D eigenvalue weighted by molar-refractivity contribution is 0.334. The maximum Gasteiger partial charge on any atom is 0.318 e. The molecule has 0 aromatic carbocycles. The summed E-state index contributed by atoms with van der Waals surface area (Å²) in [5, 5.41) is 8.21. The molecule has 2 unspecified atom stereocenters. The quantitative estimate of drug-likeness (QED) is 0.857. The molecule has 0 radical (unpaired) electrons. The number of fused-ring (bicyclic) bond motifs is 1. The Labute approximate surface area is 101 Å². The fourth-order valence-corrected chi connectivity index (χ4v) is 3.23. The van der Waals surface area contributed by atoms with E-state index in [1.807, 2.05) is 0 Å². The van der Waals surface area contributed by atoms with Gasteiger partial charge in [0.05, 0.1) is 0 Å².